The molecule has 3 aromatic rings. The first-order valence-electron chi connectivity index (χ1n) is 12.0. The highest BCUT2D eigenvalue weighted by atomic mass is 16.6. The van der Waals surface area contributed by atoms with Crippen LogP contribution < -0.4 is 10.6 Å². The molecule has 1 aromatic carbocycles. The zero-order chi connectivity index (χ0) is 25.9. The van der Waals surface area contributed by atoms with E-state index in [1.807, 2.05) is 58.3 Å². The van der Waals surface area contributed by atoms with E-state index < -0.39 is 23.6 Å². The summed E-state index contributed by atoms with van der Waals surface area (Å²) in [5, 5.41) is 10.6. The predicted octanol–water partition coefficient (Wildman–Crippen LogP) is 3.06. The fourth-order valence-electron chi connectivity index (χ4n) is 3.83. The summed E-state index contributed by atoms with van der Waals surface area (Å²) in [5.74, 6) is -0.339. The van der Waals surface area contributed by atoms with Gasteiger partial charge in [-0.1, -0.05) is 18.2 Å². The van der Waals surface area contributed by atoms with Crippen LogP contribution in [-0.2, 0) is 21.3 Å². The van der Waals surface area contributed by atoms with E-state index in [9.17, 15) is 9.59 Å². The van der Waals surface area contributed by atoms with Crippen LogP contribution in [0.4, 0.5) is 5.82 Å². The van der Waals surface area contributed by atoms with Gasteiger partial charge in [0.2, 0.25) is 0 Å². The molecular weight excluding hydrogens is 460 g/mol. The van der Waals surface area contributed by atoms with Gasteiger partial charge in [0, 0.05) is 49.6 Å². The third-order valence-electron chi connectivity index (χ3n) is 5.68. The van der Waals surface area contributed by atoms with Crippen LogP contribution in [0, 0.1) is 5.92 Å². The van der Waals surface area contributed by atoms with E-state index in [0.717, 1.165) is 16.7 Å². The number of nitrogens with zero attached hydrogens (tertiary/aromatic N) is 4. The van der Waals surface area contributed by atoms with E-state index in [2.05, 4.69) is 25.7 Å². The van der Waals surface area contributed by atoms with Crippen molar-refractivity contribution in [2.75, 3.05) is 25.0 Å². The Morgan fingerprint density at radius 2 is 1.94 bits per heavy atom. The minimum atomic E-state index is -0.692. The van der Waals surface area contributed by atoms with Crippen LogP contribution in [0.3, 0.4) is 0 Å². The molecule has 0 amide bonds. The van der Waals surface area contributed by atoms with Crippen LogP contribution >= 0.6 is 0 Å². The van der Waals surface area contributed by atoms with Crippen molar-refractivity contribution in [2.24, 2.45) is 13.0 Å². The lowest BCUT2D eigenvalue weighted by atomic mass is 9.93. The van der Waals surface area contributed by atoms with Crippen molar-refractivity contribution in [3.8, 4) is 22.5 Å². The van der Waals surface area contributed by atoms with Gasteiger partial charge in [-0.2, -0.15) is 5.10 Å². The smallest absolute Gasteiger partial charge is 0.343 e. The highest BCUT2D eigenvalue weighted by Gasteiger charge is 2.37. The number of anilines is 1. The number of carbonyl (C=O) groups is 2. The number of esters is 2. The van der Waals surface area contributed by atoms with Crippen molar-refractivity contribution < 1.29 is 19.1 Å². The number of hydrogen-bond acceptors (Lipinski definition) is 9. The topological polar surface area (TPSA) is 120 Å². The Balaban J connectivity index is 1.71. The average molecular weight is 493 g/mol. The van der Waals surface area contributed by atoms with Crippen molar-refractivity contribution >= 4 is 17.8 Å². The van der Waals surface area contributed by atoms with Crippen LogP contribution in [-0.4, -0.2) is 63.0 Å². The Hall–Kier alpha value is -3.79. The van der Waals surface area contributed by atoms with Crippen LogP contribution in [0.1, 0.15) is 38.1 Å². The molecule has 4 rings (SSSR count). The van der Waals surface area contributed by atoms with E-state index in [-0.39, 0.29) is 23.9 Å². The van der Waals surface area contributed by atoms with Gasteiger partial charge in [0.05, 0.1) is 12.8 Å². The molecule has 1 unspecified atom stereocenters. The Kier molecular flexibility index (Phi) is 7.35. The first-order valence-corrected chi connectivity index (χ1v) is 12.0. The molecule has 1 aliphatic rings. The molecule has 3 heterocycles. The molecule has 1 fully saturated rings. The summed E-state index contributed by atoms with van der Waals surface area (Å²) in [7, 11) is 1.86. The molecule has 1 atom stereocenters. The molecule has 0 bridgehead atoms. The molecule has 1 saturated heterocycles. The molecule has 2 N–H and O–H groups in total. The molecule has 190 valence electrons. The van der Waals surface area contributed by atoms with Crippen molar-refractivity contribution in [1.29, 1.82) is 0 Å². The Morgan fingerprint density at radius 3 is 2.56 bits per heavy atom. The fourth-order valence-corrected chi connectivity index (χ4v) is 3.83. The van der Waals surface area contributed by atoms with Crippen LogP contribution in [0.15, 0.2) is 42.9 Å². The summed E-state index contributed by atoms with van der Waals surface area (Å²) >= 11 is 0. The first kappa shape index (κ1) is 25.3. The number of carbonyl (C=O) groups excluding carboxylic acids is 2. The van der Waals surface area contributed by atoms with E-state index in [4.69, 9.17) is 9.47 Å². The number of nitrogens with one attached hydrogen (secondary N) is 2. The summed E-state index contributed by atoms with van der Waals surface area (Å²) in [6.07, 6.45) is 5.15. The highest BCUT2D eigenvalue weighted by molar-refractivity contribution is 5.95. The predicted molar refractivity (Wildman–Crippen MR) is 135 cm³/mol. The minimum Gasteiger partial charge on any atom is -0.462 e. The third-order valence-corrected chi connectivity index (χ3v) is 5.68. The number of rotatable bonds is 8. The van der Waals surface area contributed by atoms with E-state index >= 15 is 0 Å². The largest absolute Gasteiger partial charge is 0.462 e. The maximum atomic E-state index is 13.1. The Bertz CT molecular complexity index is 1250. The van der Waals surface area contributed by atoms with Gasteiger partial charge >= 0.3 is 11.9 Å². The van der Waals surface area contributed by atoms with Gasteiger partial charge in [-0.15, -0.1) is 0 Å². The number of hydrogen-bond donors (Lipinski definition) is 2. The van der Waals surface area contributed by atoms with Gasteiger partial charge in [0.25, 0.3) is 0 Å². The van der Waals surface area contributed by atoms with Gasteiger partial charge in [-0.3, -0.25) is 4.68 Å². The summed E-state index contributed by atoms with van der Waals surface area (Å²) in [6, 6.07) is 7.06. The lowest BCUT2D eigenvalue weighted by molar-refractivity contribution is -0.157. The normalized spacial score (nSPS) is 14.6. The number of aryl methyl sites for hydroxylation is 1. The molecule has 0 radical (unpaired) electrons. The van der Waals surface area contributed by atoms with Gasteiger partial charge in [0.15, 0.2) is 5.82 Å². The van der Waals surface area contributed by atoms with E-state index in [1.54, 1.807) is 17.8 Å². The second-order valence-corrected chi connectivity index (χ2v) is 9.73. The maximum Gasteiger partial charge on any atom is 0.343 e. The molecule has 2 aromatic heterocycles. The Morgan fingerprint density at radius 1 is 1.19 bits per heavy atom. The second kappa shape index (κ2) is 10.4. The summed E-state index contributed by atoms with van der Waals surface area (Å²) < 4.78 is 12.6. The molecular formula is C26H32N6O4. The zero-order valence-corrected chi connectivity index (χ0v) is 21.2. The molecule has 0 spiro atoms. The standard InChI is InChI=1S/C26H32N6O4/c1-6-35-24(33)20-14-28-22(17-9-7-8-16(10-17)19-13-29-32(5)15-19)31-23(20)30-21(18-11-27-12-18)25(34)36-26(2,3)4/h7-10,13-15,18,21,27H,6,11-12H2,1-5H3,(H,28,30,31). The highest BCUT2D eigenvalue weighted by Crippen LogP contribution is 2.27. The van der Waals surface area contributed by atoms with E-state index in [0.29, 0.717) is 18.9 Å². The second-order valence-electron chi connectivity index (χ2n) is 9.73. The SMILES string of the molecule is CCOC(=O)c1cnc(-c2cccc(-c3cnn(C)c3)c2)nc1NC(C(=O)OC(C)(C)C)C1CNC1. The number of benzene rings is 1. The van der Waals surface area contributed by atoms with Crippen molar-refractivity contribution in [3.05, 3.63) is 48.4 Å². The molecule has 0 aliphatic carbocycles. The van der Waals surface area contributed by atoms with Gasteiger partial charge in [0.1, 0.15) is 23.0 Å². The minimum absolute atomic E-state index is 0.0118. The Labute approximate surface area is 210 Å². The van der Waals surface area contributed by atoms with E-state index in [1.165, 1.54) is 6.20 Å². The summed E-state index contributed by atoms with van der Waals surface area (Å²) in [6.45, 7) is 8.70. The van der Waals surface area contributed by atoms with Crippen molar-refractivity contribution in [2.45, 2.75) is 39.3 Å². The number of aromatic nitrogens is 4. The van der Waals surface area contributed by atoms with Gasteiger partial charge in [-0.25, -0.2) is 19.6 Å². The molecule has 10 nitrogen and oxygen atoms in total. The average Bonchev–Trinajstić information content (AvgIpc) is 3.23. The maximum absolute atomic E-state index is 13.1. The molecule has 0 saturated carbocycles. The molecule has 36 heavy (non-hydrogen) atoms. The fraction of sp³-hybridized carbons (Fsp3) is 0.423. The third kappa shape index (κ3) is 5.88. The lowest BCUT2D eigenvalue weighted by Crippen LogP contribution is -2.55. The molecule has 1 aliphatic heterocycles. The van der Waals surface area contributed by atoms with Crippen molar-refractivity contribution in [3.63, 3.8) is 0 Å². The van der Waals surface area contributed by atoms with Gasteiger partial charge < -0.3 is 20.1 Å². The molecule has 10 heteroatoms. The van der Waals surface area contributed by atoms with Crippen molar-refractivity contribution in [1.82, 2.24) is 25.1 Å². The zero-order valence-electron chi connectivity index (χ0n) is 21.2. The van der Waals surface area contributed by atoms with Crippen LogP contribution in [0.5, 0.6) is 0 Å². The first-order chi connectivity index (χ1) is 17.1. The summed E-state index contributed by atoms with van der Waals surface area (Å²) in [4.78, 5) is 34.9. The monoisotopic (exact) mass is 492 g/mol. The van der Waals surface area contributed by atoms with Crippen LogP contribution in [0.25, 0.3) is 22.5 Å². The number of ether oxygens (including phenoxy) is 2. The van der Waals surface area contributed by atoms with Crippen LogP contribution in [0.2, 0.25) is 0 Å². The summed E-state index contributed by atoms with van der Waals surface area (Å²) in [5.41, 5.74) is 2.18. The van der Waals surface area contributed by atoms with Gasteiger partial charge in [-0.05, 0) is 39.3 Å². The quantitative estimate of drug-likeness (QED) is 0.457. The lowest BCUT2D eigenvalue weighted by Gasteiger charge is -2.35.